The molecule has 0 unspecified atom stereocenters. The molecule has 0 aromatic heterocycles. The molecule has 2 aromatic rings. The van der Waals surface area contributed by atoms with Crippen molar-refractivity contribution in [3.8, 4) is 0 Å². The van der Waals surface area contributed by atoms with Crippen LogP contribution in [0.3, 0.4) is 0 Å². The molecule has 2 rings (SSSR count). The van der Waals surface area contributed by atoms with Crippen LogP contribution in [0.1, 0.15) is 15.9 Å². The van der Waals surface area contributed by atoms with E-state index in [-0.39, 0.29) is 11.7 Å². The average molecular weight is 298 g/mol. The molecule has 0 aliphatic rings. The Hall–Kier alpha value is -1.58. The lowest BCUT2D eigenvalue weighted by atomic mass is 10.1. The van der Waals surface area contributed by atoms with Crippen LogP contribution in [-0.4, -0.2) is 5.91 Å². The van der Waals surface area contributed by atoms with Gasteiger partial charge >= 0.3 is 0 Å². The second kappa shape index (κ2) is 5.59. The molecule has 0 radical (unpaired) electrons. The molecule has 0 atom stereocenters. The van der Waals surface area contributed by atoms with E-state index in [1.165, 1.54) is 18.2 Å². The zero-order valence-electron chi connectivity index (χ0n) is 10.0. The van der Waals surface area contributed by atoms with Gasteiger partial charge in [0.15, 0.2) is 0 Å². The van der Waals surface area contributed by atoms with Gasteiger partial charge in [0.2, 0.25) is 0 Å². The minimum absolute atomic E-state index is 0.323. The smallest absolute Gasteiger partial charge is 0.255 e. The SMILES string of the molecule is Cc1cc(F)ccc1C(=O)Nc1ccc(Cl)c(Cl)c1. The van der Waals surface area contributed by atoms with Crippen LogP contribution in [0, 0.1) is 12.7 Å². The Kier molecular flexibility index (Phi) is 4.08. The van der Waals surface area contributed by atoms with Gasteiger partial charge in [0.1, 0.15) is 5.82 Å². The van der Waals surface area contributed by atoms with Crippen LogP contribution in [-0.2, 0) is 0 Å². The van der Waals surface area contributed by atoms with Gasteiger partial charge < -0.3 is 5.32 Å². The minimum atomic E-state index is -0.372. The standard InChI is InChI=1S/C14H10Cl2FNO/c1-8-6-9(17)2-4-11(8)14(19)18-10-3-5-12(15)13(16)7-10/h2-7H,1H3,(H,18,19). The number of benzene rings is 2. The third-order valence-electron chi connectivity index (χ3n) is 2.61. The predicted octanol–water partition coefficient (Wildman–Crippen LogP) is 4.69. The molecule has 0 heterocycles. The molecular formula is C14H10Cl2FNO. The summed E-state index contributed by atoms with van der Waals surface area (Å²) in [5.41, 5.74) is 1.51. The lowest BCUT2D eigenvalue weighted by molar-refractivity contribution is 0.102. The van der Waals surface area contributed by atoms with Crippen LogP contribution in [0.25, 0.3) is 0 Å². The van der Waals surface area contributed by atoms with Gasteiger partial charge in [-0.15, -0.1) is 0 Å². The summed E-state index contributed by atoms with van der Waals surface area (Å²) >= 11 is 11.7. The minimum Gasteiger partial charge on any atom is -0.322 e. The molecule has 0 spiro atoms. The second-order valence-electron chi connectivity index (χ2n) is 4.04. The number of rotatable bonds is 2. The van der Waals surface area contributed by atoms with Crippen LogP contribution in [0.4, 0.5) is 10.1 Å². The van der Waals surface area contributed by atoms with E-state index in [2.05, 4.69) is 5.32 Å². The van der Waals surface area contributed by atoms with Crippen molar-refractivity contribution in [1.82, 2.24) is 0 Å². The van der Waals surface area contributed by atoms with E-state index in [0.717, 1.165) is 0 Å². The van der Waals surface area contributed by atoms with Crippen molar-refractivity contribution in [2.75, 3.05) is 5.32 Å². The fourth-order valence-electron chi connectivity index (χ4n) is 1.65. The number of amides is 1. The van der Waals surface area contributed by atoms with E-state index in [4.69, 9.17) is 23.2 Å². The first-order valence-corrected chi connectivity index (χ1v) is 6.25. The lowest BCUT2D eigenvalue weighted by Crippen LogP contribution is -2.13. The molecule has 0 saturated heterocycles. The van der Waals surface area contributed by atoms with Gasteiger partial charge in [0.25, 0.3) is 5.91 Å². The van der Waals surface area contributed by atoms with E-state index >= 15 is 0 Å². The molecule has 98 valence electrons. The number of carbonyl (C=O) groups is 1. The average Bonchev–Trinajstić information content (AvgIpc) is 2.33. The van der Waals surface area contributed by atoms with E-state index in [1.807, 2.05) is 0 Å². The van der Waals surface area contributed by atoms with E-state index < -0.39 is 0 Å². The highest BCUT2D eigenvalue weighted by Gasteiger charge is 2.10. The van der Waals surface area contributed by atoms with Crippen LogP contribution in [0.2, 0.25) is 10.0 Å². The normalized spacial score (nSPS) is 10.3. The molecule has 0 fully saturated rings. The summed E-state index contributed by atoms with van der Waals surface area (Å²) < 4.78 is 13.0. The summed E-state index contributed by atoms with van der Waals surface area (Å²) in [6, 6.07) is 8.79. The number of hydrogen-bond donors (Lipinski definition) is 1. The number of aryl methyl sites for hydroxylation is 1. The quantitative estimate of drug-likeness (QED) is 0.856. The summed E-state index contributed by atoms with van der Waals surface area (Å²) in [5, 5.41) is 3.45. The summed E-state index contributed by atoms with van der Waals surface area (Å²) in [5.74, 6) is -0.695. The zero-order valence-corrected chi connectivity index (χ0v) is 11.5. The topological polar surface area (TPSA) is 29.1 Å². The lowest BCUT2D eigenvalue weighted by Gasteiger charge is -2.08. The predicted molar refractivity (Wildman–Crippen MR) is 75.6 cm³/mol. The third-order valence-corrected chi connectivity index (χ3v) is 3.35. The number of halogens is 3. The largest absolute Gasteiger partial charge is 0.322 e. The Bertz CT molecular complexity index is 643. The molecule has 19 heavy (non-hydrogen) atoms. The Morgan fingerprint density at radius 1 is 1.11 bits per heavy atom. The highest BCUT2D eigenvalue weighted by Crippen LogP contribution is 2.25. The zero-order chi connectivity index (χ0) is 14.0. The summed E-state index contributed by atoms with van der Waals surface area (Å²) in [7, 11) is 0. The number of hydrogen-bond acceptors (Lipinski definition) is 1. The fraction of sp³-hybridized carbons (Fsp3) is 0.0714. The fourth-order valence-corrected chi connectivity index (χ4v) is 1.95. The Morgan fingerprint density at radius 3 is 2.47 bits per heavy atom. The molecule has 0 aliphatic heterocycles. The maximum atomic E-state index is 13.0. The molecule has 1 amide bonds. The Balaban J connectivity index is 2.23. The van der Waals surface area contributed by atoms with Gasteiger partial charge in [0, 0.05) is 11.3 Å². The van der Waals surface area contributed by atoms with Crippen molar-refractivity contribution in [1.29, 1.82) is 0 Å². The van der Waals surface area contributed by atoms with E-state index in [0.29, 0.717) is 26.9 Å². The van der Waals surface area contributed by atoms with Crippen molar-refractivity contribution in [2.24, 2.45) is 0 Å². The maximum Gasteiger partial charge on any atom is 0.255 e. The van der Waals surface area contributed by atoms with Gasteiger partial charge in [0.05, 0.1) is 10.0 Å². The molecule has 1 N–H and O–H groups in total. The van der Waals surface area contributed by atoms with Gasteiger partial charge in [-0.05, 0) is 48.9 Å². The maximum absolute atomic E-state index is 13.0. The molecule has 2 aromatic carbocycles. The molecular weight excluding hydrogens is 288 g/mol. The van der Waals surface area contributed by atoms with Crippen molar-refractivity contribution in [3.63, 3.8) is 0 Å². The van der Waals surface area contributed by atoms with Gasteiger partial charge in [-0.25, -0.2) is 4.39 Å². The van der Waals surface area contributed by atoms with Crippen molar-refractivity contribution in [3.05, 3.63) is 63.4 Å². The molecule has 5 heteroatoms. The first kappa shape index (κ1) is 13.8. The summed E-state index contributed by atoms with van der Waals surface area (Å²) in [6.45, 7) is 1.67. The first-order chi connectivity index (χ1) is 8.97. The van der Waals surface area contributed by atoms with Crippen LogP contribution < -0.4 is 5.32 Å². The summed E-state index contributed by atoms with van der Waals surface area (Å²) in [6.07, 6.45) is 0. The number of carbonyl (C=O) groups excluding carboxylic acids is 1. The Labute approximate surface area is 120 Å². The van der Waals surface area contributed by atoms with Gasteiger partial charge in [-0.1, -0.05) is 23.2 Å². The second-order valence-corrected chi connectivity index (χ2v) is 4.86. The van der Waals surface area contributed by atoms with E-state index in [9.17, 15) is 9.18 Å². The summed E-state index contributed by atoms with van der Waals surface area (Å²) in [4.78, 5) is 12.0. The number of nitrogens with one attached hydrogen (secondary N) is 1. The van der Waals surface area contributed by atoms with Crippen LogP contribution >= 0.6 is 23.2 Å². The molecule has 0 bridgehead atoms. The molecule has 0 saturated carbocycles. The van der Waals surface area contributed by atoms with Crippen molar-refractivity contribution < 1.29 is 9.18 Å². The van der Waals surface area contributed by atoms with Crippen LogP contribution in [0.5, 0.6) is 0 Å². The van der Waals surface area contributed by atoms with Crippen molar-refractivity contribution >= 4 is 34.8 Å². The molecule has 0 aliphatic carbocycles. The van der Waals surface area contributed by atoms with Crippen LogP contribution in [0.15, 0.2) is 36.4 Å². The highest BCUT2D eigenvalue weighted by atomic mass is 35.5. The van der Waals surface area contributed by atoms with Gasteiger partial charge in [-0.3, -0.25) is 4.79 Å². The van der Waals surface area contributed by atoms with Crippen molar-refractivity contribution in [2.45, 2.75) is 6.92 Å². The highest BCUT2D eigenvalue weighted by molar-refractivity contribution is 6.42. The number of anilines is 1. The third kappa shape index (κ3) is 3.25. The van der Waals surface area contributed by atoms with Gasteiger partial charge in [-0.2, -0.15) is 0 Å². The first-order valence-electron chi connectivity index (χ1n) is 5.50. The monoisotopic (exact) mass is 297 g/mol. The Morgan fingerprint density at radius 2 is 1.84 bits per heavy atom. The van der Waals surface area contributed by atoms with E-state index in [1.54, 1.807) is 25.1 Å². The molecule has 2 nitrogen and oxygen atoms in total.